The van der Waals surface area contributed by atoms with Crippen molar-refractivity contribution in [2.24, 2.45) is 0 Å². The third kappa shape index (κ3) is 2.87. The Morgan fingerprint density at radius 2 is 2.19 bits per heavy atom. The number of sulfonamides is 1. The minimum absolute atomic E-state index is 0.255. The molecule has 3 heterocycles. The summed E-state index contributed by atoms with van der Waals surface area (Å²) < 4.78 is 27.2. The molecule has 26 heavy (non-hydrogen) atoms. The molecule has 0 spiro atoms. The van der Waals surface area contributed by atoms with Gasteiger partial charge in [-0.15, -0.1) is 22.7 Å². The fraction of sp³-hybridized carbons (Fsp3) is 0.412. The lowest BCUT2D eigenvalue weighted by Crippen LogP contribution is -2.42. The summed E-state index contributed by atoms with van der Waals surface area (Å²) in [6.07, 6.45) is 3.98. The number of carbonyl (C=O) groups excluding carboxylic acids is 1. The highest BCUT2D eigenvalue weighted by molar-refractivity contribution is 7.91. The Balaban J connectivity index is 1.58. The first-order chi connectivity index (χ1) is 12.5. The topological polar surface area (TPSA) is 90.3 Å². The van der Waals surface area contributed by atoms with Gasteiger partial charge in [-0.25, -0.2) is 8.42 Å². The third-order valence-corrected chi connectivity index (χ3v) is 9.32. The summed E-state index contributed by atoms with van der Waals surface area (Å²) in [5.74, 6) is -0.348. The number of thiophene rings is 2. The molecule has 1 aliphatic heterocycles. The summed E-state index contributed by atoms with van der Waals surface area (Å²) in [6.45, 7) is 0.338. The number of rotatable bonds is 4. The Morgan fingerprint density at radius 1 is 1.35 bits per heavy atom. The molecule has 1 N–H and O–H groups in total. The standard InChI is InChI=1S/C17H17N3O3S3/c18-10-12-11-4-1-6-14(11)25-17(12)19-16(21)13-5-2-8-20(13)26(22,23)15-7-3-9-24-15/h3,7,9,13H,1-2,4-6,8H2,(H,19,21)/t13-/m0/s1. The van der Waals surface area contributed by atoms with E-state index in [9.17, 15) is 18.5 Å². The first kappa shape index (κ1) is 17.7. The molecule has 136 valence electrons. The maximum absolute atomic E-state index is 12.8. The smallest absolute Gasteiger partial charge is 0.253 e. The molecule has 6 nitrogen and oxygen atoms in total. The van der Waals surface area contributed by atoms with Crippen LogP contribution in [0, 0.1) is 11.3 Å². The van der Waals surface area contributed by atoms with Crippen LogP contribution in [0.5, 0.6) is 0 Å². The monoisotopic (exact) mass is 407 g/mol. The largest absolute Gasteiger partial charge is 0.315 e. The summed E-state index contributed by atoms with van der Waals surface area (Å²) in [5.41, 5.74) is 1.59. The molecule has 0 radical (unpaired) electrons. The molecule has 1 aliphatic carbocycles. The van der Waals surface area contributed by atoms with Crippen LogP contribution in [-0.2, 0) is 27.7 Å². The van der Waals surface area contributed by atoms with Crippen LogP contribution in [0.1, 0.15) is 35.3 Å². The second-order valence-electron chi connectivity index (χ2n) is 6.37. The van der Waals surface area contributed by atoms with E-state index in [1.165, 1.54) is 15.6 Å². The molecule has 9 heteroatoms. The zero-order valence-electron chi connectivity index (χ0n) is 13.9. The second-order valence-corrected chi connectivity index (χ2v) is 10.5. The number of carbonyl (C=O) groups is 1. The van der Waals surface area contributed by atoms with Gasteiger partial charge in [-0.2, -0.15) is 9.57 Å². The van der Waals surface area contributed by atoms with Crippen molar-refractivity contribution in [1.82, 2.24) is 4.31 Å². The van der Waals surface area contributed by atoms with Crippen LogP contribution >= 0.6 is 22.7 Å². The molecular formula is C17H17N3O3S3. The average molecular weight is 408 g/mol. The van der Waals surface area contributed by atoms with Gasteiger partial charge >= 0.3 is 0 Å². The predicted octanol–water partition coefficient (Wildman–Crippen LogP) is 2.96. The predicted molar refractivity (Wildman–Crippen MR) is 101 cm³/mol. The van der Waals surface area contributed by atoms with Gasteiger partial charge in [-0.3, -0.25) is 4.79 Å². The lowest BCUT2D eigenvalue weighted by atomic mass is 10.1. The maximum atomic E-state index is 12.8. The number of nitrogens with one attached hydrogen (secondary N) is 1. The van der Waals surface area contributed by atoms with E-state index in [1.54, 1.807) is 17.5 Å². The van der Waals surface area contributed by atoms with Gasteiger partial charge in [0.05, 0.1) is 5.56 Å². The minimum Gasteiger partial charge on any atom is -0.315 e. The first-order valence-corrected chi connectivity index (χ1v) is 11.6. The summed E-state index contributed by atoms with van der Waals surface area (Å²) in [6, 6.07) is 4.72. The van der Waals surface area contributed by atoms with Crippen molar-refractivity contribution < 1.29 is 13.2 Å². The zero-order valence-corrected chi connectivity index (χ0v) is 16.3. The van der Waals surface area contributed by atoms with E-state index < -0.39 is 16.1 Å². The Morgan fingerprint density at radius 3 is 2.92 bits per heavy atom. The first-order valence-electron chi connectivity index (χ1n) is 8.43. The quantitative estimate of drug-likeness (QED) is 0.844. The van der Waals surface area contributed by atoms with Gasteiger partial charge in [0.15, 0.2) is 0 Å². The van der Waals surface area contributed by atoms with Crippen molar-refractivity contribution in [2.75, 3.05) is 11.9 Å². The molecule has 1 saturated heterocycles. The molecule has 4 rings (SSSR count). The number of hydrogen-bond acceptors (Lipinski definition) is 6. The lowest BCUT2D eigenvalue weighted by molar-refractivity contribution is -0.119. The number of nitrogens with zero attached hydrogens (tertiary/aromatic N) is 2. The Labute approximate surface area is 160 Å². The normalized spacial score (nSPS) is 20.0. The van der Waals surface area contributed by atoms with Gasteiger partial charge in [-0.1, -0.05) is 6.07 Å². The fourth-order valence-corrected chi connectivity index (χ4v) is 7.64. The second kappa shape index (κ2) is 6.78. The molecule has 1 fully saturated rings. The van der Waals surface area contributed by atoms with Crippen molar-refractivity contribution >= 4 is 43.6 Å². The van der Waals surface area contributed by atoms with Crippen LogP contribution in [0.25, 0.3) is 0 Å². The van der Waals surface area contributed by atoms with Crippen molar-refractivity contribution in [3.8, 4) is 6.07 Å². The summed E-state index contributed by atoms with van der Waals surface area (Å²) in [4.78, 5) is 14.0. The molecule has 1 amide bonds. The van der Waals surface area contributed by atoms with Crippen LogP contribution in [0.4, 0.5) is 5.00 Å². The molecule has 2 aromatic heterocycles. The number of amides is 1. The average Bonchev–Trinajstić information content (AvgIpc) is 3.37. The molecule has 2 aromatic rings. The molecule has 2 aliphatic rings. The highest BCUT2D eigenvalue weighted by atomic mass is 32.2. The van der Waals surface area contributed by atoms with E-state index in [0.29, 0.717) is 30.0 Å². The maximum Gasteiger partial charge on any atom is 0.253 e. The Hall–Kier alpha value is -1.73. The number of anilines is 1. The lowest BCUT2D eigenvalue weighted by Gasteiger charge is -2.22. The van der Waals surface area contributed by atoms with Crippen LogP contribution in [-0.4, -0.2) is 31.2 Å². The van der Waals surface area contributed by atoms with E-state index in [2.05, 4.69) is 11.4 Å². The Kier molecular flexibility index (Phi) is 4.61. The zero-order chi connectivity index (χ0) is 18.3. The van der Waals surface area contributed by atoms with Crippen LogP contribution in [0.2, 0.25) is 0 Å². The summed E-state index contributed by atoms with van der Waals surface area (Å²) in [7, 11) is -3.66. The molecule has 0 unspecified atom stereocenters. The van der Waals surface area contributed by atoms with Crippen molar-refractivity contribution in [3.05, 3.63) is 33.5 Å². The third-order valence-electron chi connectivity index (χ3n) is 4.83. The molecular weight excluding hydrogens is 390 g/mol. The van der Waals surface area contributed by atoms with Crippen molar-refractivity contribution in [3.63, 3.8) is 0 Å². The summed E-state index contributed by atoms with van der Waals surface area (Å²) >= 11 is 2.60. The van der Waals surface area contributed by atoms with Gasteiger partial charge in [0.2, 0.25) is 5.91 Å². The highest BCUT2D eigenvalue weighted by Gasteiger charge is 2.40. The van der Waals surface area contributed by atoms with Gasteiger partial charge in [-0.05, 0) is 49.1 Å². The molecule has 1 atom stereocenters. The molecule has 0 aromatic carbocycles. The molecule has 0 saturated carbocycles. The van der Waals surface area contributed by atoms with E-state index in [0.717, 1.165) is 41.0 Å². The van der Waals surface area contributed by atoms with E-state index in [1.807, 2.05) is 0 Å². The van der Waals surface area contributed by atoms with E-state index >= 15 is 0 Å². The van der Waals surface area contributed by atoms with Gasteiger partial charge in [0.25, 0.3) is 10.0 Å². The Bertz CT molecular complexity index is 987. The van der Waals surface area contributed by atoms with E-state index in [4.69, 9.17) is 0 Å². The number of hydrogen-bond donors (Lipinski definition) is 1. The van der Waals surface area contributed by atoms with Crippen LogP contribution in [0.3, 0.4) is 0 Å². The molecule has 0 bridgehead atoms. The van der Waals surface area contributed by atoms with Crippen LogP contribution in [0.15, 0.2) is 21.7 Å². The van der Waals surface area contributed by atoms with Crippen molar-refractivity contribution in [2.45, 2.75) is 42.4 Å². The van der Waals surface area contributed by atoms with Gasteiger partial charge < -0.3 is 5.32 Å². The van der Waals surface area contributed by atoms with Gasteiger partial charge in [0.1, 0.15) is 21.3 Å². The summed E-state index contributed by atoms with van der Waals surface area (Å²) in [5, 5.41) is 14.6. The van der Waals surface area contributed by atoms with Crippen LogP contribution < -0.4 is 5.32 Å². The number of nitriles is 1. The number of aryl methyl sites for hydroxylation is 1. The van der Waals surface area contributed by atoms with Gasteiger partial charge in [0, 0.05) is 11.4 Å². The fourth-order valence-electron chi connectivity index (χ4n) is 3.62. The minimum atomic E-state index is -3.66. The number of fused-ring (bicyclic) bond motifs is 1. The highest BCUT2D eigenvalue weighted by Crippen LogP contribution is 2.39. The van der Waals surface area contributed by atoms with Crippen molar-refractivity contribution in [1.29, 1.82) is 5.26 Å². The van der Waals surface area contributed by atoms with E-state index in [-0.39, 0.29) is 10.1 Å². The SMILES string of the molecule is N#Cc1c(NC(=O)[C@@H]2CCCN2S(=O)(=O)c2cccs2)sc2c1CCC2.